The lowest BCUT2D eigenvalue weighted by Crippen LogP contribution is -2.49. The van der Waals surface area contributed by atoms with E-state index in [0.29, 0.717) is 18.4 Å². The first-order valence-electron chi connectivity index (χ1n) is 8.32. The molecule has 3 amide bonds. The van der Waals surface area contributed by atoms with E-state index >= 15 is 0 Å². The summed E-state index contributed by atoms with van der Waals surface area (Å²) in [4.78, 5) is 27.2. The third kappa shape index (κ3) is 2.67. The fourth-order valence-corrected chi connectivity index (χ4v) is 3.95. The molecule has 0 saturated carbocycles. The van der Waals surface area contributed by atoms with Crippen LogP contribution in [0.3, 0.4) is 0 Å². The average molecular weight is 314 g/mol. The van der Waals surface area contributed by atoms with Gasteiger partial charge in [0, 0.05) is 49.4 Å². The smallest absolute Gasteiger partial charge is 0.328 e. The van der Waals surface area contributed by atoms with E-state index in [-0.39, 0.29) is 11.9 Å². The minimum Gasteiger partial charge on any atom is -0.371 e. The summed E-state index contributed by atoms with van der Waals surface area (Å²) < 4.78 is 0. The number of anilines is 2. The Morgan fingerprint density at radius 3 is 2.48 bits per heavy atom. The molecule has 6 nitrogen and oxygen atoms in total. The Morgan fingerprint density at radius 1 is 1.00 bits per heavy atom. The van der Waals surface area contributed by atoms with Crippen LogP contribution in [-0.4, -0.2) is 44.7 Å². The summed E-state index contributed by atoms with van der Waals surface area (Å²) in [5, 5.41) is 5.84. The minimum atomic E-state index is -0.328. The van der Waals surface area contributed by atoms with Crippen LogP contribution in [0.1, 0.15) is 19.3 Å². The van der Waals surface area contributed by atoms with Gasteiger partial charge in [0.15, 0.2) is 0 Å². The van der Waals surface area contributed by atoms with Crippen LogP contribution in [0.25, 0.3) is 0 Å². The van der Waals surface area contributed by atoms with Gasteiger partial charge in [-0.3, -0.25) is 15.0 Å². The van der Waals surface area contributed by atoms with E-state index < -0.39 is 0 Å². The SMILES string of the molecule is O=C1CCN(c2ccc(N3CC[C@]4(CCNC4)C3)cc2)C(=O)N1. The Bertz CT molecular complexity index is 622. The molecule has 1 spiro atoms. The second-order valence-corrected chi connectivity index (χ2v) is 6.87. The molecule has 0 radical (unpaired) electrons. The van der Waals surface area contributed by atoms with Crippen LogP contribution >= 0.6 is 0 Å². The van der Waals surface area contributed by atoms with Crippen molar-refractivity contribution < 1.29 is 9.59 Å². The number of urea groups is 1. The van der Waals surface area contributed by atoms with Crippen LogP contribution in [0.15, 0.2) is 24.3 Å². The second kappa shape index (κ2) is 5.53. The van der Waals surface area contributed by atoms with E-state index in [4.69, 9.17) is 0 Å². The molecule has 1 atom stereocenters. The predicted molar refractivity (Wildman–Crippen MR) is 88.7 cm³/mol. The standard InChI is InChI=1S/C17H22N4O2/c22-15-5-9-21(16(23)19-15)14-3-1-13(2-4-14)20-10-7-17(12-20)6-8-18-11-17/h1-4,18H,5-12H2,(H,19,22,23)/t17-/m0/s1. The van der Waals surface area contributed by atoms with Crippen molar-refractivity contribution in [1.82, 2.24) is 10.6 Å². The maximum atomic E-state index is 11.9. The van der Waals surface area contributed by atoms with E-state index in [0.717, 1.165) is 31.9 Å². The Kier molecular flexibility index (Phi) is 3.49. The van der Waals surface area contributed by atoms with Crippen molar-refractivity contribution in [2.45, 2.75) is 19.3 Å². The molecule has 1 aromatic carbocycles. The molecule has 3 saturated heterocycles. The number of amides is 3. The van der Waals surface area contributed by atoms with Crippen molar-refractivity contribution in [2.75, 3.05) is 42.5 Å². The summed E-state index contributed by atoms with van der Waals surface area (Å²) >= 11 is 0. The van der Waals surface area contributed by atoms with Crippen LogP contribution in [0.4, 0.5) is 16.2 Å². The molecule has 0 bridgehead atoms. The highest BCUT2D eigenvalue weighted by Crippen LogP contribution is 2.38. The number of hydrogen-bond donors (Lipinski definition) is 2. The zero-order valence-corrected chi connectivity index (χ0v) is 13.2. The summed E-state index contributed by atoms with van der Waals surface area (Å²) in [5.41, 5.74) is 2.51. The fraction of sp³-hybridized carbons (Fsp3) is 0.529. The largest absolute Gasteiger partial charge is 0.371 e. The maximum Gasteiger partial charge on any atom is 0.328 e. The number of carbonyl (C=O) groups excluding carboxylic acids is 2. The topological polar surface area (TPSA) is 64.7 Å². The summed E-state index contributed by atoms with van der Waals surface area (Å²) in [5.74, 6) is -0.199. The zero-order chi connectivity index (χ0) is 15.9. The lowest BCUT2D eigenvalue weighted by atomic mass is 9.86. The van der Waals surface area contributed by atoms with Gasteiger partial charge in [0.2, 0.25) is 5.91 Å². The number of hydrogen-bond acceptors (Lipinski definition) is 4. The molecule has 23 heavy (non-hydrogen) atoms. The van der Waals surface area contributed by atoms with Crippen molar-refractivity contribution in [1.29, 1.82) is 0 Å². The van der Waals surface area contributed by atoms with Gasteiger partial charge in [-0.15, -0.1) is 0 Å². The molecule has 0 aromatic heterocycles. The highest BCUT2D eigenvalue weighted by molar-refractivity contribution is 6.05. The molecular weight excluding hydrogens is 292 g/mol. The highest BCUT2D eigenvalue weighted by Gasteiger charge is 2.40. The van der Waals surface area contributed by atoms with Crippen molar-refractivity contribution in [3.05, 3.63) is 24.3 Å². The summed E-state index contributed by atoms with van der Waals surface area (Å²) in [6.07, 6.45) is 2.87. The quantitative estimate of drug-likeness (QED) is 0.864. The van der Waals surface area contributed by atoms with Crippen LogP contribution in [0, 0.1) is 5.41 Å². The van der Waals surface area contributed by atoms with E-state index in [1.165, 1.54) is 18.5 Å². The van der Waals surface area contributed by atoms with Crippen molar-refractivity contribution in [3.63, 3.8) is 0 Å². The van der Waals surface area contributed by atoms with Crippen molar-refractivity contribution in [2.24, 2.45) is 5.41 Å². The van der Waals surface area contributed by atoms with Gasteiger partial charge in [0.1, 0.15) is 0 Å². The number of imide groups is 1. The van der Waals surface area contributed by atoms with Gasteiger partial charge in [-0.05, 0) is 43.7 Å². The fourth-order valence-electron chi connectivity index (χ4n) is 3.95. The molecule has 3 aliphatic heterocycles. The summed E-state index contributed by atoms with van der Waals surface area (Å²) in [6.45, 7) is 4.92. The first kappa shape index (κ1) is 14.5. The third-order valence-corrected chi connectivity index (χ3v) is 5.35. The molecular formula is C17H22N4O2. The highest BCUT2D eigenvalue weighted by atomic mass is 16.2. The number of nitrogens with zero attached hydrogens (tertiary/aromatic N) is 2. The molecule has 122 valence electrons. The number of carbonyl (C=O) groups is 2. The third-order valence-electron chi connectivity index (χ3n) is 5.35. The van der Waals surface area contributed by atoms with Crippen LogP contribution in [0.2, 0.25) is 0 Å². The van der Waals surface area contributed by atoms with Crippen LogP contribution in [-0.2, 0) is 4.79 Å². The molecule has 6 heteroatoms. The molecule has 3 aliphatic rings. The minimum absolute atomic E-state index is 0.199. The number of rotatable bonds is 2. The summed E-state index contributed by atoms with van der Waals surface area (Å²) in [7, 11) is 0. The normalized spacial score (nSPS) is 27.8. The van der Waals surface area contributed by atoms with E-state index in [9.17, 15) is 9.59 Å². The Balaban J connectivity index is 1.46. The number of benzene rings is 1. The van der Waals surface area contributed by atoms with Crippen LogP contribution < -0.4 is 20.4 Å². The van der Waals surface area contributed by atoms with Gasteiger partial charge in [-0.1, -0.05) is 0 Å². The molecule has 1 aromatic rings. The number of nitrogens with one attached hydrogen (secondary N) is 2. The molecule has 0 aliphatic carbocycles. The maximum absolute atomic E-state index is 11.9. The zero-order valence-electron chi connectivity index (χ0n) is 13.2. The molecule has 4 rings (SSSR count). The van der Waals surface area contributed by atoms with Gasteiger partial charge < -0.3 is 10.2 Å². The monoisotopic (exact) mass is 314 g/mol. The van der Waals surface area contributed by atoms with E-state index in [1.807, 2.05) is 12.1 Å². The lowest BCUT2D eigenvalue weighted by molar-refractivity contribution is -0.120. The first-order chi connectivity index (χ1) is 11.2. The van der Waals surface area contributed by atoms with Gasteiger partial charge in [0.05, 0.1) is 0 Å². The van der Waals surface area contributed by atoms with E-state index in [1.54, 1.807) is 4.90 Å². The summed E-state index contributed by atoms with van der Waals surface area (Å²) in [6, 6.07) is 7.79. The van der Waals surface area contributed by atoms with Crippen molar-refractivity contribution >= 4 is 23.3 Å². The first-order valence-corrected chi connectivity index (χ1v) is 8.32. The van der Waals surface area contributed by atoms with Gasteiger partial charge in [0.25, 0.3) is 0 Å². The predicted octanol–water partition coefficient (Wildman–Crippen LogP) is 1.32. The molecule has 3 fully saturated rings. The Hall–Kier alpha value is -2.08. The average Bonchev–Trinajstić information content (AvgIpc) is 3.18. The van der Waals surface area contributed by atoms with Gasteiger partial charge >= 0.3 is 6.03 Å². The van der Waals surface area contributed by atoms with Gasteiger partial charge in [-0.25, -0.2) is 4.79 Å². The molecule has 3 heterocycles. The molecule has 0 unspecified atom stereocenters. The lowest BCUT2D eigenvalue weighted by Gasteiger charge is -2.27. The van der Waals surface area contributed by atoms with Crippen LogP contribution in [0.5, 0.6) is 0 Å². The van der Waals surface area contributed by atoms with Gasteiger partial charge in [-0.2, -0.15) is 0 Å². The Labute approximate surface area is 135 Å². The Morgan fingerprint density at radius 2 is 1.78 bits per heavy atom. The molecule has 2 N–H and O–H groups in total. The second-order valence-electron chi connectivity index (χ2n) is 6.87. The van der Waals surface area contributed by atoms with Crippen molar-refractivity contribution in [3.8, 4) is 0 Å². The van der Waals surface area contributed by atoms with E-state index in [2.05, 4.69) is 27.7 Å².